The normalized spacial score (nSPS) is 17.6. The molecule has 1 atom stereocenters. The van der Waals surface area contributed by atoms with Crippen molar-refractivity contribution in [3.05, 3.63) is 58.0 Å². The molecule has 1 fully saturated rings. The lowest BCUT2D eigenvalue weighted by Gasteiger charge is -2.24. The fraction of sp³-hybridized carbons (Fsp3) is 0.458. The van der Waals surface area contributed by atoms with Crippen molar-refractivity contribution in [1.29, 1.82) is 0 Å². The molecule has 0 amide bonds. The number of sulfone groups is 1. The first-order chi connectivity index (χ1) is 15.9. The number of anilines is 1. The van der Waals surface area contributed by atoms with Crippen LogP contribution >= 0.6 is 0 Å². The van der Waals surface area contributed by atoms with Crippen molar-refractivity contribution in [2.45, 2.75) is 58.7 Å². The van der Waals surface area contributed by atoms with E-state index >= 15 is 0 Å². The molecule has 4 rings (SSSR count). The second-order valence-electron chi connectivity index (χ2n) is 8.96. The van der Waals surface area contributed by atoms with E-state index in [2.05, 4.69) is 20.3 Å². The maximum absolute atomic E-state index is 13.4. The van der Waals surface area contributed by atoms with Gasteiger partial charge in [0.1, 0.15) is 21.5 Å². The number of alkyl halides is 3. The van der Waals surface area contributed by atoms with E-state index in [1.54, 1.807) is 19.9 Å². The van der Waals surface area contributed by atoms with Crippen LogP contribution in [0.3, 0.4) is 0 Å². The number of nitrogens with one attached hydrogen (secondary N) is 1. The second kappa shape index (κ2) is 8.79. The van der Waals surface area contributed by atoms with Crippen molar-refractivity contribution in [3.63, 3.8) is 0 Å². The van der Waals surface area contributed by atoms with Crippen LogP contribution in [0.4, 0.5) is 19.0 Å². The molecule has 0 spiro atoms. The molecule has 1 aliphatic heterocycles. The van der Waals surface area contributed by atoms with E-state index < -0.39 is 27.6 Å². The van der Waals surface area contributed by atoms with E-state index in [0.29, 0.717) is 41.1 Å². The highest BCUT2D eigenvalue weighted by molar-refractivity contribution is 7.91. The van der Waals surface area contributed by atoms with Crippen molar-refractivity contribution in [3.8, 4) is 0 Å². The molecule has 1 saturated heterocycles. The predicted molar refractivity (Wildman–Crippen MR) is 126 cm³/mol. The molecule has 0 aliphatic carbocycles. The third kappa shape index (κ3) is 4.87. The summed E-state index contributed by atoms with van der Waals surface area (Å²) >= 11 is 0. The molecule has 182 valence electrons. The molecule has 34 heavy (non-hydrogen) atoms. The minimum absolute atomic E-state index is 0.0673. The topological polar surface area (TPSA) is 84.8 Å². The van der Waals surface area contributed by atoms with E-state index in [9.17, 15) is 21.6 Å². The van der Waals surface area contributed by atoms with Crippen LogP contribution in [0.25, 0.3) is 11.0 Å². The van der Waals surface area contributed by atoms with E-state index in [1.165, 1.54) is 13.0 Å². The first-order valence-electron chi connectivity index (χ1n) is 11.2. The monoisotopic (exact) mass is 492 g/mol. The van der Waals surface area contributed by atoms with Gasteiger partial charge in [-0.15, -0.1) is 0 Å². The van der Waals surface area contributed by atoms with Crippen LogP contribution in [0.5, 0.6) is 0 Å². The molecule has 0 radical (unpaired) electrons. The second-order valence-corrected chi connectivity index (χ2v) is 11.3. The van der Waals surface area contributed by atoms with Gasteiger partial charge < -0.3 is 5.32 Å². The highest BCUT2D eigenvalue weighted by Gasteiger charge is 2.33. The van der Waals surface area contributed by atoms with E-state index in [0.717, 1.165) is 17.3 Å². The maximum atomic E-state index is 13.4. The SMILES string of the molecule is Cc1nc(N[C@H](C)c2cccc(C(F)(F)F)c2C)c2cc(C3CCS(=O)(=O)CC3)c(C)nc2n1. The predicted octanol–water partition coefficient (Wildman–Crippen LogP) is 5.43. The van der Waals surface area contributed by atoms with E-state index in [-0.39, 0.29) is 23.0 Å². The third-order valence-electron chi connectivity index (χ3n) is 6.52. The Morgan fingerprint density at radius 3 is 2.38 bits per heavy atom. The van der Waals surface area contributed by atoms with Gasteiger partial charge in [0, 0.05) is 5.69 Å². The number of aryl methyl sites for hydroxylation is 2. The Balaban J connectivity index is 1.73. The van der Waals surface area contributed by atoms with Crippen molar-refractivity contribution in [2.75, 3.05) is 16.8 Å². The van der Waals surface area contributed by atoms with Crippen LogP contribution in [-0.4, -0.2) is 34.9 Å². The van der Waals surface area contributed by atoms with Gasteiger partial charge in [-0.1, -0.05) is 12.1 Å². The summed E-state index contributed by atoms with van der Waals surface area (Å²) < 4.78 is 63.9. The average molecular weight is 493 g/mol. The number of benzene rings is 1. The van der Waals surface area contributed by atoms with E-state index in [4.69, 9.17) is 0 Å². The molecule has 6 nitrogen and oxygen atoms in total. The molecule has 1 N–H and O–H groups in total. The number of pyridine rings is 1. The molecule has 3 aromatic rings. The first-order valence-corrected chi connectivity index (χ1v) is 13.0. The molecular formula is C24H27F3N4O2S. The third-order valence-corrected chi connectivity index (χ3v) is 8.24. The molecule has 0 bridgehead atoms. The van der Waals surface area contributed by atoms with Crippen LogP contribution in [-0.2, 0) is 16.0 Å². The summed E-state index contributed by atoms with van der Waals surface area (Å²) in [5.41, 5.74) is 2.28. The molecule has 1 aliphatic rings. The lowest BCUT2D eigenvalue weighted by atomic mass is 9.91. The number of fused-ring (bicyclic) bond motifs is 1. The summed E-state index contributed by atoms with van der Waals surface area (Å²) in [5, 5.41) is 3.93. The van der Waals surface area contributed by atoms with Crippen molar-refractivity contribution >= 4 is 26.7 Å². The molecular weight excluding hydrogens is 465 g/mol. The Bertz CT molecular complexity index is 1340. The van der Waals surface area contributed by atoms with Crippen molar-refractivity contribution in [2.24, 2.45) is 0 Å². The number of hydrogen-bond acceptors (Lipinski definition) is 6. The number of rotatable bonds is 4. The summed E-state index contributed by atoms with van der Waals surface area (Å²) in [6.45, 7) is 6.89. The van der Waals surface area contributed by atoms with Gasteiger partial charge in [-0.25, -0.2) is 23.4 Å². The maximum Gasteiger partial charge on any atom is 0.416 e. The van der Waals surface area contributed by atoms with Crippen molar-refractivity contribution in [1.82, 2.24) is 15.0 Å². The standard InChI is InChI=1S/C24H27F3N4O2S/c1-13-18(6-5-7-21(13)24(25,26)27)14(2)28-22-20-12-19(17-8-10-34(32,33)11-9-17)15(3)29-23(20)31-16(4)30-22/h5-7,12,14,17H,8-11H2,1-4H3,(H,28,29,30,31)/t14-/m1/s1. The van der Waals surface area contributed by atoms with Gasteiger partial charge in [0.2, 0.25) is 0 Å². The quantitative estimate of drug-likeness (QED) is 0.523. The summed E-state index contributed by atoms with van der Waals surface area (Å²) in [6.07, 6.45) is -3.36. The summed E-state index contributed by atoms with van der Waals surface area (Å²) in [7, 11) is -3.00. The van der Waals surface area contributed by atoms with E-state index in [1.807, 2.05) is 13.0 Å². The Hall–Kier alpha value is -2.75. The highest BCUT2D eigenvalue weighted by Crippen LogP contribution is 2.37. The van der Waals surface area contributed by atoms with Crippen molar-refractivity contribution < 1.29 is 21.6 Å². The number of hydrogen-bond donors (Lipinski definition) is 1. The van der Waals surface area contributed by atoms with Gasteiger partial charge in [0.15, 0.2) is 5.65 Å². The lowest BCUT2D eigenvalue weighted by molar-refractivity contribution is -0.138. The Labute approximate surface area is 197 Å². The van der Waals surface area contributed by atoms with Gasteiger partial charge >= 0.3 is 6.18 Å². The number of halogens is 3. The zero-order valence-electron chi connectivity index (χ0n) is 19.5. The number of aromatic nitrogens is 3. The molecule has 10 heteroatoms. The number of nitrogens with zero attached hydrogens (tertiary/aromatic N) is 3. The van der Waals surface area contributed by atoms with Gasteiger partial charge in [-0.3, -0.25) is 0 Å². The Morgan fingerprint density at radius 1 is 1.06 bits per heavy atom. The summed E-state index contributed by atoms with van der Waals surface area (Å²) in [4.78, 5) is 13.6. The molecule has 1 aromatic carbocycles. The van der Waals surface area contributed by atoms with Gasteiger partial charge in [-0.05, 0) is 75.3 Å². The molecule has 0 saturated carbocycles. The average Bonchev–Trinajstić information content (AvgIpc) is 2.72. The largest absolute Gasteiger partial charge is 0.416 e. The Morgan fingerprint density at radius 2 is 1.74 bits per heavy atom. The van der Waals surface area contributed by atoms with Gasteiger partial charge in [0.05, 0.1) is 28.5 Å². The minimum Gasteiger partial charge on any atom is -0.363 e. The van der Waals surface area contributed by atoms with Crippen LogP contribution < -0.4 is 5.32 Å². The highest BCUT2D eigenvalue weighted by atomic mass is 32.2. The lowest BCUT2D eigenvalue weighted by Crippen LogP contribution is -2.23. The van der Waals surface area contributed by atoms with Crippen LogP contribution in [0.15, 0.2) is 24.3 Å². The summed E-state index contributed by atoms with van der Waals surface area (Å²) in [5.74, 6) is 1.35. The molecule has 3 heterocycles. The fourth-order valence-electron chi connectivity index (χ4n) is 4.70. The van der Waals surface area contributed by atoms with Gasteiger partial charge in [0.25, 0.3) is 0 Å². The molecule has 0 unspecified atom stereocenters. The van der Waals surface area contributed by atoms with Crippen LogP contribution in [0.1, 0.15) is 65.5 Å². The summed E-state index contributed by atoms with van der Waals surface area (Å²) in [6, 6.07) is 5.67. The van der Waals surface area contributed by atoms with Gasteiger partial charge in [-0.2, -0.15) is 13.2 Å². The zero-order valence-corrected chi connectivity index (χ0v) is 20.3. The molecule has 2 aromatic heterocycles. The van der Waals surface area contributed by atoms with Crippen LogP contribution in [0.2, 0.25) is 0 Å². The smallest absolute Gasteiger partial charge is 0.363 e. The Kier molecular flexibility index (Phi) is 6.30. The minimum atomic E-state index is -4.43. The van der Waals surface area contributed by atoms with Crippen LogP contribution in [0, 0.1) is 20.8 Å². The first kappa shape index (κ1) is 24.4. The zero-order chi connectivity index (χ0) is 24.8. The fourth-order valence-corrected chi connectivity index (χ4v) is 6.20.